The van der Waals surface area contributed by atoms with E-state index in [9.17, 15) is 4.79 Å². The lowest BCUT2D eigenvalue weighted by atomic mass is 10.1. The third-order valence-corrected chi connectivity index (χ3v) is 4.49. The van der Waals surface area contributed by atoms with Crippen molar-refractivity contribution in [2.45, 2.75) is 25.4 Å². The first kappa shape index (κ1) is 17.4. The quantitative estimate of drug-likeness (QED) is 0.811. The number of methoxy groups -OCH3 is 1. The Bertz CT molecular complexity index is 673. The van der Waals surface area contributed by atoms with Gasteiger partial charge in [-0.15, -0.1) is 0 Å². The van der Waals surface area contributed by atoms with Crippen molar-refractivity contribution in [2.75, 3.05) is 26.8 Å². The molecule has 1 amide bonds. The molecule has 3 rings (SSSR count). The lowest BCUT2D eigenvalue weighted by Gasteiger charge is -2.33. The minimum absolute atomic E-state index is 0.0482. The molecule has 2 heterocycles. The number of benzene rings is 1. The molecule has 0 N–H and O–H groups in total. The van der Waals surface area contributed by atoms with Gasteiger partial charge in [-0.2, -0.15) is 0 Å². The van der Waals surface area contributed by atoms with Gasteiger partial charge in [0.25, 0.3) is 0 Å². The number of hydrogen-bond acceptors (Lipinski definition) is 4. The van der Waals surface area contributed by atoms with E-state index in [0.29, 0.717) is 26.1 Å². The average molecular weight is 340 g/mol. The molecule has 0 bridgehead atoms. The molecular formula is C20H24N2O3. The summed E-state index contributed by atoms with van der Waals surface area (Å²) in [5.41, 5.74) is 2.34. The Morgan fingerprint density at radius 1 is 1.20 bits per heavy atom. The Kier molecular flexibility index (Phi) is 6.01. The van der Waals surface area contributed by atoms with Crippen molar-refractivity contribution < 1.29 is 14.3 Å². The van der Waals surface area contributed by atoms with Gasteiger partial charge in [0.1, 0.15) is 5.75 Å². The Morgan fingerprint density at radius 2 is 1.96 bits per heavy atom. The van der Waals surface area contributed by atoms with Crippen LogP contribution in [0.3, 0.4) is 0 Å². The van der Waals surface area contributed by atoms with Crippen molar-refractivity contribution in [3.05, 3.63) is 59.9 Å². The van der Waals surface area contributed by atoms with Crippen molar-refractivity contribution in [1.82, 2.24) is 9.88 Å². The molecule has 0 spiro atoms. The van der Waals surface area contributed by atoms with Crippen LogP contribution in [0.2, 0.25) is 0 Å². The Hall–Kier alpha value is -2.40. The van der Waals surface area contributed by atoms with Crippen molar-refractivity contribution in [3.63, 3.8) is 0 Å². The highest BCUT2D eigenvalue weighted by Gasteiger charge is 2.24. The SMILES string of the molecule is COc1ccc(C[C@@H]2CN(C(=O)CCc3ccncc3)CCO2)cc1. The molecular weight excluding hydrogens is 316 g/mol. The molecule has 0 saturated carbocycles. The number of aryl methyl sites for hydroxylation is 1. The van der Waals surface area contributed by atoms with Crippen LogP contribution in [0, 0.1) is 0 Å². The molecule has 1 aliphatic rings. The molecule has 5 heteroatoms. The van der Waals surface area contributed by atoms with Gasteiger partial charge in [-0.05, 0) is 41.8 Å². The Labute approximate surface area is 148 Å². The second kappa shape index (κ2) is 8.62. The summed E-state index contributed by atoms with van der Waals surface area (Å²) in [7, 11) is 1.66. The first-order valence-electron chi connectivity index (χ1n) is 8.66. The van der Waals surface area contributed by atoms with Gasteiger partial charge in [0.2, 0.25) is 5.91 Å². The fourth-order valence-corrected chi connectivity index (χ4v) is 3.05. The van der Waals surface area contributed by atoms with E-state index in [0.717, 1.165) is 24.2 Å². The molecule has 0 aliphatic carbocycles. The first-order chi connectivity index (χ1) is 12.2. The van der Waals surface area contributed by atoms with Crippen LogP contribution in [-0.2, 0) is 22.4 Å². The van der Waals surface area contributed by atoms with E-state index in [1.165, 1.54) is 5.56 Å². The number of carbonyl (C=O) groups is 1. The van der Waals surface area contributed by atoms with Gasteiger partial charge in [-0.25, -0.2) is 0 Å². The second-order valence-corrected chi connectivity index (χ2v) is 6.24. The van der Waals surface area contributed by atoms with E-state index in [4.69, 9.17) is 9.47 Å². The molecule has 2 aromatic rings. The second-order valence-electron chi connectivity index (χ2n) is 6.24. The number of rotatable bonds is 6. The van der Waals surface area contributed by atoms with Gasteiger partial charge in [-0.3, -0.25) is 9.78 Å². The monoisotopic (exact) mass is 340 g/mol. The number of carbonyl (C=O) groups excluding carboxylic acids is 1. The van der Waals surface area contributed by atoms with Crippen LogP contribution >= 0.6 is 0 Å². The molecule has 25 heavy (non-hydrogen) atoms. The average Bonchev–Trinajstić information content (AvgIpc) is 2.68. The summed E-state index contributed by atoms with van der Waals surface area (Å²) in [5.74, 6) is 1.04. The topological polar surface area (TPSA) is 51.7 Å². The van der Waals surface area contributed by atoms with E-state index >= 15 is 0 Å². The van der Waals surface area contributed by atoms with Crippen LogP contribution in [0.25, 0.3) is 0 Å². The molecule has 0 radical (unpaired) electrons. The normalized spacial score (nSPS) is 17.3. The van der Waals surface area contributed by atoms with Gasteiger partial charge < -0.3 is 14.4 Å². The van der Waals surface area contributed by atoms with Gasteiger partial charge in [0, 0.05) is 38.3 Å². The number of aromatic nitrogens is 1. The summed E-state index contributed by atoms with van der Waals surface area (Å²) in [5, 5.41) is 0. The van der Waals surface area contributed by atoms with Crippen LogP contribution in [0.15, 0.2) is 48.8 Å². The highest BCUT2D eigenvalue weighted by molar-refractivity contribution is 5.76. The highest BCUT2D eigenvalue weighted by Crippen LogP contribution is 2.16. The number of nitrogens with zero attached hydrogens (tertiary/aromatic N) is 2. The lowest BCUT2D eigenvalue weighted by molar-refractivity contribution is -0.138. The molecule has 1 aromatic heterocycles. The van der Waals surface area contributed by atoms with E-state index in [1.54, 1.807) is 19.5 Å². The van der Waals surface area contributed by atoms with Gasteiger partial charge >= 0.3 is 0 Å². The van der Waals surface area contributed by atoms with Crippen LogP contribution in [0.1, 0.15) is 17.5 Å². The summed E-state index contributed by atoms with van der Waals surface area (Å²) in [6.07, 6.45) is 5.66. The lowest BCUT2D eigenvalue weighted by Crippen LogP contribution is -2.46. The predicted octanol–water partition coefficient (Wildman–Crippen LogP) is 2.49. The summed E-state index contributed by atoms with van der Waals surface area (Å²) in [4.78, 5) is 18.4. The van der Waals surface area contributed by atoms with Crippen LogP contribution in [0.5, 0.6) is 5.75 Å². The minimum atomic E-state index is 0.0482. The summed E-state index contributed by atoms with van der Waals surface area (Å²) in [6.45, 7) is 1.93. The number of amides is 1. The van der Waals surface area contributed by atoms with E-state index in [-0.39, 0.29) is 12.0 Å². The van der Waals surface area contributed by atoms with E-state index < -0.39 is 0 Å². The maximum Gasteiger partial charge on any atom is 0.223 e. The Balaban J connectivity index is 1.50. The molecule has 5 nitrogen and oxygen atoms in total. The van der Waals surface area contributed by atoms with E-state index in [1.807, 2.05) is 41.3 Å². The number of ether oxygens (including phenoxy) is 2. The zero-order valence-corrected chi connectivity index (χ0v) is 14.6. The Morgan fingerprint density at radius 3 is 2.68 bits per heavy atom. The van der Waals surface area contributed by atoms with Gasteiger partial charge in [0.15, 0.2) is 0 Å². The zero-order chi connectivity index (χ0) is 17.5. The van der Waals surface area contributed by atoms with Crippen LogP contribution < -0.4 is 4.74 Å². The molecule has 1 aliphatic heterocycles. The molecule has 132 valence electrons. The fraction of sp³-hybridized carbons (Fsp3) is 0.400. The number of pyridine rings is 1. The molecule has 0 unspecified atom stereocenters. The number of hydrogen-bond donors (Lipinski definition) is 0. The molecule has 1 aromatic carbocycles. The van der Waals surface area contributed by atoms with Gasteiger partial charge in [0.05, 0.1) is 19.8 Å². The summed E-state index contributed by atoms with van der Waals surface area (Å²) >= 11 is 0. The standard InChI is InChI=1S/C20H24N2O3/c1-24-18-5-2-17(3-6-18)14-19-15-22(12-13-25-19)20(23)7-4-16-8-10-21-11-9-16/h2-3,5-6,8-11,19H,4,7,12-15H2,1H3/t19-/m1/s1. The molecule has 1 saturated heterocycles. The van der Waals surface area contributed by atoms with Crippen LogP contribution in [0.4, 0.5) is 0 Å². The van der Waals surface area contributed by atoms with Crippen molar-refractivity contribution in [2.24, 2.45) is 0 Å². The molecule has 1 fully saturated rings. The van der Waals surface area contributed by atoms with Gasteiger partial charge in [-0.1, -0.05) is 12.1 Å². The highest BCUT2D eigenvalue weighted by atomic mass is 16.5. The smallest absolute Gasteiger partial charge is 0.223 e. The van der Waals surface area contributed by atoms with Crippen LogP contribution in [-0.4, -0.2) is 48.7 Å². The molecule has 1 atom stereocenters. The zero-order valence-electron chi connectivity index (χ0n) is 14.6. The maximum atomic E-state index is 12.5. The third kappa shape index (κ3) is 5.03. The number of morpholine rings is 1. The fourth-order valence-electron chi connectivity index (χ4n) is 3.05. The summed E-state index contributed by atoms with van der Waals surface area (Å²) < 4.78 is 11.0. The predicted molar refractivity (Wildman–Crippen MR) is 95.6 cm³/mol. The van der Waals surface area contributed by atoms with E-state index in [2.05, 4.69) is 4.98 Å². The summed E-state index contributed by atoms with van der Waals surface area (Å²) in [6, 6.07) is 11.9. The minimum Gasteiger partial charge on any atom is -0.497 e. The van der Waals surface area contributed by atoms with Crippen molar-refractivity contribution >= 4 is 5.91 Å². The van der Waals surface area contributed by atoms with Crippen molar-refractivity contribution in [1.29, 1.82) is 0 Å². The maximum absolute atomic E-state index is 12.5. The van der Waals surface area contributed by atoms with Crippen molar-refractivity contribution in [3.8, 4) is 5.75 Å². The first-order valence-corrected chi connectivity index (χ1v) is 8.66. The third-order valence-electron chi connectivity index (χ3n) is 4.49. The largest absolute Gasteiger partial charge is 0.497 e.